The van der Waals surface area contributed by atoms with Crippen LogP contribution in [-0.2, 0) is 10.0 Å². The third-order valence-corrected chi connectivity index (χ3v) is 6.31. The quantitative estimate of drug-likeness (QED) is 0.728. The van der Waals surface area contributed by atoms with Gasteiger partial charge in [-0.15, -0.1) is 0 Å². The number of nitrogens with one attached hydrogen (secondary N) is 1. The van der Waals surface area contributed by atoms with E-state index in [1.54, 1.807) is 12.3 Å². The van der Waals surface area contributed by atoms with E-state index in [2.05, 4.69) is 14.8 Å². The molecule has 0 amide bonds. The molecular weight excluding hydrogens is 372 g/mol. The fourth-order valence-corrected chi connectivity index (χ4v) is 4.60. The summed E-state index contributed by atoms with van der Waals surface area (Å²) >= 11 is 5.84. The van der Waals surface area contributed by atoms with Gasteiger partial charge in [0, 0.05) is 18.2 Å². The molecule has 1 aliphatic carbocycles. The Kier molecular flexibility index (Phi) is 4.30. The highest BCUT2D eigenvalue weighted by molar-refractivity contribution is 7.89. The lowest BCUT2D eigenvalue weighted by Gasteiger charge is -2.07. The molecule has 2 heterocycles. The first kappa shape index (κ1) is 17.2. The molecule has 0 aliphatic heterocycles. The molecule has 4 rings (SSSR count). The van der Waals surface area contributed by atoms with Crippen molar-refractivity contribution in [3.63, 3.8) is 0 Å². The van der Waals surface area contributed by atoms with E-state index in [1.165, 1.54) is 23.1 Å². The number of aromatic nitrogens is 3. The van der Waals surface area contributed by atoms with E-state index in [0.717, 1.165) is 5.56 Å². The van der Waals surface area contributed by atoms with Gasteiger partial charge in [-0.25, -0.2) is 22.8 Å². The number of rotatable bonds is 5. The average Bonchev–Trinajstić information content (AvgIpc) is 3.04. The van der Waals surface area contributed by atoms with Crippen LogP contribution in [0.15, 0.2) is 66.0 Å². The number of hydrogen-bond acceptors (Lipinski definition) is 4. The summed E-state index contributed by atoms with van der Waals surface area (Å²) in [5.74, 6) is 0.952. The van der Waals surface area contributed by atoms with Crippen LogP contribution in [0.3, 0.4) is 0 Å². The van der Waals surface area contributed by atoms with Crippen molar-refractivity contribution in [2.24, 2.45) is 5.92 Å². The topological polar surface area (TPSA) is 76.9 Å². The van der Waals surface area contributed by atoms with Crippen LogP contribution in [0.2, 0.25) is 5.02 Å². The molecule has 0 unspecified atom stereocenters. The molecule has 1 aliphatic rings. The molecule has 6 nitrogen and oxygen atoms in total. The van der Waals surface area contributed by atoms with E-state index < -0.39 is 10.0 Å². The van der Waals surface area contributed by atoms with E-state index in [9.17, 15) is 8.42 Å². The summed E-state index contributed by atoms with van der Waals surface area (Å²) in [5.41, 5.74) is 1.15. The Morgan fingerprint density at radius 1 is 1.12 bits per heavy atom. The lowest BCUT2D eigenvalue weighted by atomic mass is 10.1. The summed E-state index contributed by atoms with van der Waals surface area (Å²) in [5, 5.41) is 4.53. The van der Waals surface area contributed by atoms with E-state index in [1.807, 2.05) is 37.3 Å². The SMILES string of the molecule is C[C@H]1[C@H](NS(=O)(=O)c2ccc(-n3cc(Cl)cn3)nc2)[C@H]1c1ccccc1. The Morgan fingerprint density at radius 2 is 1.88 bits per heavy atom. The number of nitrogens with zero attached hydrogens (tertiary/aromatic N) is 3. The second-order valence-electron chi connectivity index (χ2n) is 6.40. The Labute approximate surface area is 156 Å². The minimum Gasteiger partial charge on any atom is -0.236 e. The Hall–Kier alpha value is -2.22. The molecule has 0 radical (unpaired) electrons. The summed E-state index contributed by atoms with van der Waals surface area (Å²) in [6.07, 6.45) is 4.43. The van der Waals surface area contributed by atoms with Crippen molar-refractivity contribution in [1.29, 1.82) is 0 Å². The molecule has 0 bridgehead atoms. The fourth-order valence-electron chi connectivity index (χ4n) is 3.17. The molecule has 1 saturated carbocycles. The van der Waals surface area contributed by atoms with Gasteiger partial charge in [0.2, 0.25) is 10.0 Å². The van der Waals surface area contributed by atoms with Gasteiger partial charge in [0.1, 0.15) is 4.90 Å². The maximum absolute atomic E-state index is 12.7. The Morgan fingerprint density at radius 3 is 2.50 bits per heavy atom. The molecule has 1 aromatic carbocycles. The molecular formula is C18H17ClN4O2S. The highest BCUT2D eigenvalue weighted by Gasteiger charge is 2.49. The van der Waals surface area contributed by atoms with Crippen LogP contribution in [0.1, 0.15) is 18.4 Å². The predicted octanol–water partition coefficient (Wildman–Crippen LogP) is 3.00. The van der Waals surface area contributed by atoms with Gasteiger partial charge < -0.3 is 0 Å². The van der Waals surface area contributed by atoms with Gasteiger partial charge in [-0.2, -0.15) is 5.10 Å². The van der Waals surface area contributed by atoms with Crippen LogP contribution in [0.25, 0.3) is 5.82 Å². The Bertz CT molecular complexity index is 1020. The number of benzene rings is 1. The van der Waals surface area contributed by atoms with Crippen molar-refractivity contribution in [2.45, 2.75) is 23.8 Å². The zero-order valence-corrected chi connectivity index (χ0v) is 15.5. The molecule has 1 fully saturated rings. The zero-order chi connectivity index (χ0) is 18.3. The van der Waals surface area contributed by atoms with Gasteiger partial charge >= 0.3 is 0 Å². The van der Waals surface area contributed by atoms with Crippen LogP contribution in [0.5, 0.6) is 0 Å². The van der Waals surface area contributed by atoms with Crippen LogP contribution in [-0.4, -0.2) is 29.2 Å². The minimum atomic E-state index is -3.63. The standard InChI is InChI=1S/C18H17ClN4O2S/c1-12-17(13-5-3-2-4-6-13)18(12)22-26(24,25)15-7-8-16(20-10-15)23-11-14(19)9-21-23/h2-12,17-18,22H,1H3/t12-,17-,18+/m1/s1. The monoisotopic (exact) mass is 388 g/mol. The third-order valence-electron chi connectivity index (χ3n) is 4.67. The number of hydrogen-bond donors (Lipinski definition) is 1. The normalized spacial score (nSPS) is 22.3. The maximum Gasteiger partial charge on any atom is 0.242 e. The summed E-state index contributed by atoms with van der Waals surface area (Å²) in [4.78, 5) is 4.31. The first-order valence-corrected chi connectivity index (χ1v) is 10.1. The van der Waals surface area contributed by atoms with Gasteiger partial charge in [0.25, 0.3) is 0 Å². The first-order valence-electron chi connectivity index (χ1n) is 8.19. The summed E-state index contributed by atoms with van der Waals surface area (Å²) in [6, 6.07) is 13.0. The number of halogens is 1. The largest absolute Gasteiger partial charge is 0.242 e. The van der Waals surface area contributed by atoms with Crippen LogP contribution < -0.4 is 4.72 Å². The molecule has 1 N–H and O–H groups in total. The molecule has 26 heavy (non-hydrogen) atoms. The number of pyridine rings is 1. The maximum atomic E-state index is 12.7. The van der Waals surface area contributed by atoms with Gasteiger partial charge in [0.15, 0.2) is 5.82 Å². The smallest absolute Gasteiger partial charge is 0.236 e. The van der Waals surface area contributed by atoms with Crippen molar-refractivity contribution in [2.75, 3.05) is 0 Å². The van der Waals surface area contributed by atoms with Crippen molar-refractivity contribution < 1.29 is 8.42 Å². The van der Waals surface area contributed by atoms with E-state index in [0.29, 0.717) is 10.8 Å². The summed E-state index contributed by atoms with van der Waals surface area (Å²) in [7, 11) is -3.63. The average molecular weight is 389 g/mol. The Balaban J connectivity index is 1.50. The molecule has 134 valence electrons. The third kappa shape index (κ3) is 3.25. The summed E-state index contributed by atoms with van der Waals surface area (Å²) < 4.78 is 29.6. The molecule has 8 heteroatoms. The van der Waals surface area contributed by atoms with Crippen LogP contribution >= 0.6 is 11.6 Å². The second-order valence-corrected chi connectivity index (χ2v) is 8.55. The highest BCUT2D eigenvalue weighted by Crippen LogP contribution is 2.47. The second kappa shape index (κ2) is 6.50. The predicted molar refractivity (Wildman–Crippen MR) is 98.8 cm³/mol. The van der Waals surface area contributed by atoms with E-state index >= 15 is 0 Å². The van der Waals surface area contributed by atoms with Crippen LogP contribution in [0, 0.1) is 5.92 Å². The summed E-state index contributed by atoms with van der Waals surface area (Å²) in [6.45, 7) is 2.05. The van der Waals surface area contributed by atoms with Gasteiger partial charge in [-0.3, -0.25) is 0 Å². The van der Waals surface area contributed by atoms with Crippen molar-refractivity contribution >= 4 is 21.6 Å². The molecule has 3 aromatic rings. The van der Waals surface area contributed by atoms with Gasteiger partial charge in [0.05, 0.1) is 17.4 Å². The molecule has 0 saturated heterocycles. The van der Waals surface area contributed by atoms with Crippen molar-refractivity contribution in [3.05, 3.63) is 71.6 Å². The lowest BCUT2D eigenvalue weighted by Crippen LogP contribution is -2.27. The van der Waals surface area contributed by atoms with E-state index in [4.69, 9.17) is 11.6 Å². The van der Waals surface area contributed by atoms with Crippen molar-refractivity contribution in [3.8, 4) is 5.82 Å². The minimum absolute atomic E-state index is 0.105. The zero-order valence-electron chi connectivity index (χ0n) is 13.9. The highest BCUT2D eigenvalue weighted by atomic mass is 35.5. The van der Waals surface area contributed by atoms with Crippen LogP contribution in [0.4, 0.5) is 0 Å². The van der Waals surface area contributed by atoms with Gasteiger partial charge in [-0.1, -0.05) is 48.9 Å². The first-order chi connectivity index (χ1) is 12.5. The van der Waals surface area contributed by atoms with Gasteiger partial charge in [-0.05, 0) is 23.6 Å². The lowest BCUT2D eigenvalue weighted by molar-refractivity contribution is 0.577. The molecule has 3 atom stereocenters. The molecule has 2 aromatic heterocycles. The fraction of sp³-hybridized carbons (Fsp3) is 0.222. The van der Waals surface area contributed by atoms with E-state index in [-0.39, 0.29) is 22.8 Å². The van der Waals surface area contributed by atoms with Crippen molar-refractivity contribution in [1.82, 2.24) is 19.5 Å². The number of sulfonamides is 1. The molecule has 0 spiro atoms.